The molecule has 2 amide bonds. The Morgan fingerprint density at radius 2 is 2.11 bits per heavy atom. The molecular formula is C18H29N7O2. The average Bonchev–Trinajstić information content (AvgIpc) is 3.37. The molecule has 1 spiro atoms. The fourth-order valence-corrected chi connectivity index (χ4v) is 4.36. The smallest absolute Gasteiger partial charge is 0.224 e. The quantitative estimate of drug-likeness (QED) is 0.720. The number of piperazine rings is 1. The van der Waals surface area contributed by atoms with Crippen LogP contribution < -0.4 is 0 Å². The first-order valence-corrected chi connectivity index (χ1v) is 10.0. The van der Waals surface area contributed by atoms with Crippen LogP contribution >= 0.6 is 0 Å². The molecule has 0 N–H and O–H groups in total. The van der Waals surface area contributed by atoms with Crippen LogP contribution in [0, 0.1) is 5.92 Å². The molecule has 148 valence electrons. The maximum Gasteiger partial charge on any atom is 0.224 e. The summed E-state index contributed by atoms with van der Waals surface area (Å²) < 4.78 is 1.59. The zero-order valence-electron chi connectivity index (χ0n) is 16.1. The van der Waals surface area contributed by atoms with Gasteiger partial charge in [0.15, 0.2) is 0 Å². The Labute approximate surface area is 159 Å². The van der Waals surface area contributed by atoms with Gasteiger partial charge in [0.2, 0.25) is 11.8 Å². The molecule has 1 saturated carbocycles. The maximum absolute atomic E-state index is 12.7. The summed E-state index contributed by atoms with van der Waals surface area (Å²) >= 11 is 0. The van der Waals surface area contributed by atoms with Crippen LogP contribution in [0.5, 0.6) is 0 Å². The van der Waals surface area contributed by atoms with Gasteiger partial charge in [-0.25, -0.2) is 4.68 Å². The molecule has 2 aliphatic heterocycles. The van der Waals surface area contributed by atoms with Gasteiger partial charge >= 0.3 is 0 Å². The van der Waals surface area contributed by atoms with Gasteiger partial charge in [-0.1, -0.05) is 0 Å². The minimum Gasteiger partial charge on any atom is -0.342 e. The summed E-state index contributed by atoms with van der Waals surface area (Å²) in [4.78, 5) is 31.7. The molecule has 3 fully saturated rings. The molecule has 3 aliphatic rings. The number of amides is 2. The van der Waals surface area contributed by atoms with Gasteiger partial charge in [-0.15, -0.1) is 5.10 Å². The highest BCUT2D eigenvalue weighted by Gasteiger charge is 2.43. The van der Waals surface area contributed by atoms with Crippen molar-refractivity contribution >= 4 is 11.8 Å². The number of rotatable bonds is 5. The molecule has 1 atom stereocenters. The van der Waals surface area contributed by atoms with Crippen molar-refractivity contribution in [1.82, 2.24) is 34.9 Å². The van der Waals surface area contributed by atoms with Gasteiger partial charge in [0.05, 0.1) is 6.54 Å². The number of carbonyl (C=O) groups excluding carboxylic acids is 2. The molecule has 1 aromatic rings. The van der Waals surface area contributed by atoms with Crippen LogP contribution in [0.1, 0.15) is 38.5 Å². The maximum atomic E-state index is 12.7. The van der Waals surface area contributed by atoms with Crippen LogP contribution in [0.2, 0.25) is 0 Å². The van der Waals surface area contributed by atoms with E-state index in [9.17, 15) is 9.59 Å². The molecule has 27 heavy (non-hydrogen) atoms. The van der Waals surface area contributed by atoms with Gasteiger partial charge in [0, 0.05) is 51.1 Å². The topological polar surface area (TPSA) is 87.5 Å². The second kappa shape index (κ2) is 7.53. The molecule has 1 aliphatic carbocycles. The number of likely N-dealkylation sites (N-methyl/N-ethyl adjacent to an activating group) is 1. The first-order valence-electron chi connectivity index (χ1n) is 10.0. The highest BCUT2D eigenvalue weighted by Crippen LogP contribution is 2.35. The van der Waals surface area contributed by atoms with Crippen LogP contribution in [0.25, 0.3) is 0 Å². The van der Waals surface area contributed by atoms with E-state index in [1.165, 1.54) is 19.2 Å². The molecule has 1 aromatic heterocycles. The van der Waals surface area contributed by atoms with Crippen LogP contribution in [0.3, 0.4) is 0 Å². The van der Waals surface area contributed by atoms with Crippen LogP contribution in [-0.4, -0.2) is 92.0 Å². The molecule has 9 nitrogen and oxygen atoms in total. The lowest BCUT2D eigenvalue weighted by Gasteiger charge is -2.49. The van der Waals surface area contributed by atoms with E-state index < -0.39 is 0 Å². The van der Waals surface area contributed by atoms with Crippen LogP contribution in [-0.2, 0) is 16.1 Å². The Hall–Kier alpha value is -2.03. The summed E-state index contributed by atoms with van der Waals surface area (Å²) in [7, 11) is 2.14. The molecular weight excluding hydrogens is 346 g/mol. The lowest BCUT2D eigenvalue weighted by atomic mass is 9.86. The molecule has 0 aromatic carbocycles. The van der Waals surface area contributed by atoms with Gasteiger partial charge in [-0.3, -0.25) is 14.5 Å². The number of nitrogens with zero attached hydrogens (tertiary/aromatic N) is 7. The van der Waals surface area contributed by atoms with Crippen LogP contribution in [0.15, 0.2) is 6.33 Å². The van der Waals surface area contributed by atoms with Crippen molar-refractivity contribution < 1.29 is 9.59 Å². The monoisotopic (exact) mass is 375 g/mol. The van der Waals surface area contributed by atoms with Gasteiger partial charge in [-0.2, -0.15) is 0 Å². The highest BCUT2D eigenvalue weighted by molar-refractivity contribution is 5.77. The second-order valence-electron chi connectivity index (χ2n) is 8.32. The van der Waals surface area contributed by atoms with E-state index in [4.69, 9.17) is 0 Å². The minimum atomic E-state index is -0.0866. The fourth-order valence-electron chi connectivity index (χ4n) is 4.36. The molecule has 2 saturated heterocycles. The Morgan fingerprint density at radius 1 is 1.26 bits per heavy atom. The summed E-state index contributed by atoms with van der Waals surface area (Å²) in [6.45, 7) is 4.54. The first-order chi connectivity index (χ1) is 13.1. The average molecular weight is 375 g/mol. The zero-order valence-corrected chi connectivity index (χ0v) is 16.1. The molecule has 9 heteroatoms. The summed E-state index contributed by atoms with van der Waals surface area (Å²) in [6, 6.07) is 0. The molecule has 0 bridgehead atoms. The van der Waals surface area contributed by atoms with Crippen molar-refractivity contribution in [3.8, 4) is 0 Å². The van der Waals surface area contributed by atoms with E-state index in [0.29, 0.717) is 25.9 Å². The van der Waals surface area contributed by atoms with Gasteiger partial charge < -0.3 is 9.80 Å². The number of aromatic nitrogens is 4. The largest absolute Gasteiger partial charge is 0.342 e. The third kappa shape index (κ3) is 4.12. The number of likely N-dealkylation sites (tertiary alicyclic amines) is 1. The number of carbonyl (C=O) groups is 2. The van der Waals surface area contributed by atoms with E-state index in [-0.39, 0.29) is 17.4 Å². The van der Waals surface area contributed by atoms with E-state index >= 15 is 0 Å². The Kier molecular flexibility index (Phi) is 5.12. The second-order valence-corrected chi connectivity index (χ2v) is 8.32. The van der Waals surface area contributed by atoms with Crippen molar-refractivity contribution in [2.45, 2.75) is 50.6 Å². The third-order valence-electron chi connectivity index (χ3n) is 6.48. The number of hydrogen-bond acceptors (Lipinski definition) is 6. The van der Waals surface area contributed by atoms with Crippen molar-refractivity contribution in [1.29, 1.82) is 0 Å². The lowest BCUT2D eigenvalue weighted by molar-refractivity contribution is -0.137. The predicted molar refractivity (Wildman–Crippen MR) is 97.5 cm³/mol. The summed E-state index contributed by atoms with van der Waals surface area (Å²) in [5, 5.41) is 11.0. The SMILES string of the molecule is CN1CCN(C(=O)CCn2cnnn2)CC12CCC(=O)N(CC1CC1)CC2. The summed E-state index contributed by atoms with van der Waals surface area (Å²) in [5.74, 6) is 1.15. The highest BCUT2D eigenvalue weighted by atomic mass is 16.2. The standard InChI is InChI=1S/C18H29N7O2/c1-22-10-11-24(17(27)5-8-25-14-19-20-21-25)13-18(22)6-4-16(26)23(9-7-18)12-15-2-3-15/h14-15H,2-13H2,1H3. The Morgan fingerprint density at radius 3 is 2.85 bits per heavy atom. The van der Waals surface area contributed by atoms with E-state index in [2.05, 4.69) is 32.4 Å². The summed E-state index contributed by atoms with van der Waals surface area (Å²) in [6.07, 6.45) is 6.82. The number of aryl methyl sites for hydroxylation is 1. The fraction of sp³-hybridized carbons (Fsp3) is 0.833. The van der Waals surface area contributed by atoms with Gasteiger partial charge in [0.1, 0.15) is 6.33 Å². The normalized spacial score (nSPS) is 27.2. The Bertz CT molecular complexity index is 675. The number of hydrogen-bond donors (Lipinski definition) is 0. The zero-order chi connectivity index (χ0) is 18.9. The summed E-state index contributed by atoms with van der Waals surface area (Å²) in [5.41, 5.74) is -0.0866. The van der Waals surface area contributed by atoms with Gasteiger partial charge in [0.25, 0.3) is 0 Å². The minimum absolute atomic E-state index is 0.0866. The van der Waals surface area contributed by atoms with Crippen LogP contribution in [0.4, 0.5) is 0 Å². The van der Waals surface area contributed by atoms with Crippen molar-refractivity contribution in [3.05, 3.63) is 6.33 Å². The van der Waals surface area contributed by atoms with E-state index in [1.54, 1.807) is 4.68 Å². The van der Waals surface area contributed by atoms with E-state index in [1.807, 2.05) is 4.90 Å². The third-order valence-corrected chi connectivity index (χ3v) is 6.48. The van der Waals surface area contributed by atoms with E-state index in [0.717, 1.165) is 44.9 Å². The van der Waals surface area contributed by atoms with Gasteiger partial charge in [-0.05, 0) is 49.1 Å². The Balaban J connectivity index is 1.38. The first kappa shape index (κ1) is 18.3. The van der Waals surface area contributed by atoms with Crippen molar-refractivity contribution in [3.63, 3.8) is 0 Å². The number of tetrazole rings is 1. The lowest BCUT2D eigenvalue weighted by Crippen LogP contribution is -2.62. The van der Waals surface area contributed by atoms with Crippen molar-refractivity contribution in [2.24, 2.45) is 5.92 Å². The molecule has 4 rings (SSSR count). The molecule has 3 heterocycles. The molecule has 1 unspecified atom stereocenters. The molecule has 0 radical (unpaired) electrons. The predicted octanol–water partition coefficient (Wildman–Crippen LogP) is -0.00150. The van der Waals surface area contributed by atoms with Crippen molar-refractivity contribution in [2.75, 3.05) is 39.8 Å².